The molecule has 0 aliphatic heterocycles. The molecule has 0 aromatic carbocycles. The second-order valence-electron chi connectivity index (χ2n) is 5.64. The van der Waals surface area contributed by atoms with Crippen molar-refractivity contribution < 1.29 is 19.1 Å². The maximum atomic E-state index is 11.4. The molecule has 0 atom stereocenters. The Morgan fingerprint density at radius 3 is 2.32 bits per heavy atom. The van der Waals surface area contributed by atoms with Crippen LogP contribution in [0.25, 0.3) is 0 Å². The fraction of sp³-hybridized carbons (Fsp3) is 0.786. The number of alkyl carbamates (subject to hydrolysis) is 1. The van der Waals surface area contributed by atoms with Crippen LogP contribution in [0.1, 0.15) is 34.1 Å². The number of esters is 1. The SMILES string of the molecule is CCOC(=O)CCN(C)C(=S)NCCNC(=O)OC(C)(C)C. The van der Waals surface area contributed by atoms with Gasteiger partial charge in [0.15, 0.2) is 5.11 Å². The quantitative estimate of drug-likeness (QED) is 0.412. The minimum absolute atomic E-state index is 0.247. The second-order valence-corrected chi connectivity index (χ2v) is 6.02. The lowest BCUT2D eigenvalue weighted by Crippen LogP contribution is -2.42. The van der Waals surface area contributed by atoms with E-state index in [9.17, 15) is 9.59 Å². The first-order valence-electron chi connectivity index (χ1n) is 7.27. The normalized spacial score (nSPS) is 10.6. The maximum Gasteiger partial charge on any atom is 0.407 e. The van der Waals surface area contributed by atoms with Crippen LogP contribution in [0, 0.1) is 0 Å². The van der Waals surface area contributed by atoms with Gasteiger partial charge in [0.05, 0.1) is 13.0 Å². The largest absolute Gasteiger partial charge is 0.466 e. The summed E-state index contributed by atoms with van der Waals surface area (Å²) in [6.45, 7) is 8.90. The van der Waals surface area contributed by atoms with Crippen LogP contribution in [-0.4, -0.2) is 61.0 Å². The van der Waals surface area contributed by atoms with Gasteiger partial charge in [0.2, 0.25) is 0 Å². The summed E-state index contributed by atoms with van der Waals surface area (Å²) in [6, 6.07) is 0. The van der Waals surface area contributed by atoms with Gasteiger partial charge < -0.3 is 25.0 Å². The lowest BCUT2D eigenvalue weighted by atomic mass is 10.2. The molecule has 0 saturated carbocycles. The molecule has 0 fully saturated rings. The van der Waals surface area contributed by atoms with Gasteiger partial charge >= 0.3 is 12.1 Å². The fourth-order valence-corrected chi connectivity index (χ4v) is 1.57. The molecule has 0 saturated heterocycles. The number of amides is 1. The Morgan fingerprint density at radius 1 is 1.18 bits per heavy atom. The molecule has 0 bridgehead atoms. The molecule has 8 heteroatoms. The van der Waals surface area contributed by atoms with Crippen molar-refractivity contribution >= 4 is 29.4 Å². The van der Waals surface area contributed by atoms with Gasteiger partial charge in [0.25, 0.3) is 0 Å². The first-order valence-corrected chi connectivity index (χ1v) is 7.68. The Labute approximate surface area is 137 Å². The second kappa shape index (κ2) is 10.2. The van der Waals surface area contributed by atoms with Crippen molar-refractivity contribution in [1.82, 2.24) is 15.5 Å². The molecule has 0 radical (unpaired) electrons. The number of carbonyl (C=O) groups is 2. The van der Waals surface area contributed by atoms with E-state index in [4.69, 9.17) is 21.7 Å². The van der Waals surface area contributed by atoms with Crippen molar-refractivity contribution in [2.45, 2.75) is 39.7 Å². The van der Waals surface area contributed by atoms with E-state index in [1.165, 1.54) is 0 Å². The van der Waals surface area contributed by atoms with Gasteiger partial charge in [-0.1, -0.05) is 0 Å². The summed E-state index contributed by atoms with van der Waals surface area (Å²) in [4.78, 5) is 24.4. The highest BCUT2D eigenvalue weighted by molar-refractivity contribution is 7.80. The zero-order valence-electron chi connectivity index (χ0n) is 14.0. The molecule has 0 heterocycles. The standard InChI is InChI=1S/C14H27N3O4S/c1-6-20-11(18)7-10-17(5)12(22)15-8-9-16-13(19)21-14(2,3)4/h6-10H2,1-5H3,(H,15,22)(H,16,19). The van der Waals surface area contributed by atoms with Crippen molar-refractivity contribution in [1.29, 1.82) is 0 Å². The van der Waals surface area contributed by atoms with Crippen LogP contribution in [0.3, 0.4) is 0 Å². The third kappa shape index (κ3) is 11.1. The van der Waals surface area contributed by atoms with E-state index in [-0.39, 0.29) is 12.4 Å². The summed E-state index contributed by atoms with van der Waals surface area (Å²) in [7, 11) is 1.79. The minimum atomic E-state index is -0.514. The number of thiocarbonyl (C=S) groups is 1. The Hall–Kier alpha value is -1.57. The average molecular weight is 333 g/mol. The number of carbonyl (C=O) groups excluding carboxylic acids is 2. The van der Waals surface area contributed by atoms with E-state index in [1.54, 1.807) is 39.6 Å². The molecule has 0 spiro atoms. The van der Waals surface area contributed by atoms with Crippen molar-refractivity contribution in [3.63, 3.8) is 0 Å². The summed E-state index contributed by atoms with van der Waals surface area (Å²) in [5.74, 6) is -0.247. The van der Waals surface area contributed by atoms with Gasteiger partial charge in [-0.25, -0.2) is 4.79 Å². The van der Waals surface area contributed by atoms with Crippen LogP contribution in [0.4, 0.5) is 4.79 Å². The number of nitrogens with one attached hydrogen (secondary N) is 2. The van der Waals surface area contributed by atoms with E-state index in [0.717, 1.165) is 0 Å². The van der Waals surface area contributed by atoms with Crippen LogP contribution in [0.15, 0.2) is 0 Å². The van der Waals surface area contributed by atoms with Crippen molar-refractivity contribution in [2.24, 2.45) is 0 Å². The Kier molecular flexibility index (Phi) is 9.48. The Bertz CT molecular complexity index is 383. The van der Waals surface area contributed by atoms with E-state index in [0.29, 0.717) is 31.4 Å². The van der Waals surface area contributed by atoms with E-state index in [1.807, 2.05) is 0 Å². The molecule has 1 amide bonds. The lowest BCUT2D eigenvalue weighted by molar-refractivity contribution is -0.143. The smallest absolute Gasteiger partial charge is 0.407 e. The minimum Gasteiger partial charge on any atom is -0.466 e. The van der Waals surface area contributed by atoms with Gasteiger partial charge in [0.1, 0.15) is 5.60 Å². The topological polar surface area (TPSA) is 79.9 Å². The summed E-state index contributed by atoms with van der Waals surface area (Å²) in [5, 5.41) is 6.13. The van der Waals surface area contributed by atoms with Crippen LogP contribution in [0.2, 0.25) is 0 Å². The van der Waals surface area contributed by atoms with E-state index >= 15 is 0 Å². The lowest BCUT2D eigenvalue weighted by Gasteiger charge is -2.21. The van der Waals surface area contributed by atoms with Crippen LogP contribution < -0.4 is 10.6 Å². The van der Waals surface area contributed by atoms with Crippen LogP contribution in [-0.2, 0) is 14.3 Å². The Balaban J connectivity index is 3.80. The predicted molar refractivity (Wildman–Crippen MR) is 88.7 cm³/mol. The molecule has 0 aromatic heterocycles. The average Bonchev–Trinajstić information content (AvgIpc) is 2.39. The molecule has 22 heavy (non-hydrogen) atoms. The van der Waals surface area contributed by atoms with Crippen molar-refractivity contribution in [2.75, 3.05) is 33.3 Å². The van der Waals surface area contributed by atoms with Gasteiger partial charge in [-0.2, -0.15) is 0 Å². The molecule has 128 valence electrons. The van der Waals surface area contributed by atoms with Crippen LogP contribution >= 0.6 is 12.2 Å². The third-order valence-electron chi connectivity index (χ3n) is 2.37. The molecular formula is C14H27N3O4S. The summed E-state index contributed by atoms with van der Waals surface area (Å²) in [6.07, 6.45) is -0.182. The number of ether oxygens (including phenoxy) is 2. The monoisotopic (exact) mass is 333 g/mol. The highest BCUT2D eigenvalue weighted by atomic mass is 32.1. The molecule has 0 aliphatic rings. The van der Waals surface area contributed by atoms with Gasteiger partial charge in [0, 0.05) is 26.7 Å². The number of rotatable bonds is 7. The summed E-state index contributed by atoms with van der Waals surface area (Å²) in [5.41, 5.74) is -0.514. The van der Waals surface area contributed by atoms with Gasteiger partial charge in [-0.3, -0.25) is 4.79 Å². The van der Waals surface area contributed by atoms with Crippen LogP contribution in [0.5, 0.6) is 0 Å². The summed E-state index contributed by atoms with van der Waals surface area (Å²) < 4.78 is 9.95. The van der Waals surface area contributed by atoms with Gasteiger partial charge in [-0.15, -0.1) is 0 Å². The maximum absolute atomic E-state index is 11.4. The molecule has 2 N–H and O–H groups in total. The zero-order valence-corrected chi connectivity index (χ0v) is 14.8. The van der Waals surface area contributed by atoms with Gasteiger partial charge in [-0.05, 0) is 39.9 Å². The fourth-order valence-electron chi connectivity index (χ4n) is 1.38. The highest BCUT2D eigenvalue weighted by Gasteiger charge is 2.15. The van der Waals surface area contributed by atoms with E-state index < -0.39 is 11.7 Å². The highest BCUT2D eigenvalue weighted by Crippen LogP contribution is 2.05. The number of nitrogens with zero attached hydrogens (tertiary/aromatic N) is 1. The molecule has 0 aliphatic carbocycles. The molecular weight excluding hydrogens is 306 g/mol. The first kappa shape index (κ1) is 20.4. The zero-order chi connectivity index (χ0) is 17.2. The number of hydrogen-bond donors (Lipinski definition) is 2. The molecule has 0 aromatic rings. The third-order valence-corrected chi connectivity index (χ3v) is 2.83. The summed E-state index contributed by atoms with van der Waals surface area (Å²) >= 11 is 5.18. The first-order chi connectivity index (χ1) is 10.2. The molecule has 7 nitrogen and oxygen atoms in total. The van der Waals surface area contributed by atoms with Crippen molar-refractivity contribution in [3.05, 3.63) is 0 Å². The predicted octanol–water partition coefficient (Wildman–Crippen LogP) is 1.27. The number of hydrogen-bond acceptors (Lipinski definition) is 5. The van der Waals surface area contributed by atoms with Crippen molar-refractivity contribution in [3.8, 4) is 0 Å². The molecule has 0 unspecified atom stereocenters. The van der Waals surface area contributed by atoms with E-state index in [2.05, 4.69) is 10.6 Å². The molecule has 0 rings (SSSR count). The Morgan fingerprint density at radius 2 is 1.77 bits per heavy atom.